The summed E-state index contributed by atoms with van der Waals surface area (Å²) >= 11 is 0. The lowest BCUT2D eigenvalue weighted by atomic mass is 9.84. The van der Waals surface area contributed by atoms with Gasteiger partial charge in [-0.3, -0.25) is 0 Å². The fourth-order valence-electron chi connectivity index (χ4n) is 3.68. The van der Waals surface area contributed by atoms with Crippen molar-refractivity contribution in [2.45, 2.75) is 50.9 Å². The summed E-state index contributed by atoms with van der Waals surface area (Å²) in [7, 11) is 0. The Balaban J connectivity index is 1.78. The topological polar surface area (TPSA) is 29.1 Å². The van der Waals surface area contributed by atoms with Crippen LogP contribution in [0.3, 0.4) is 0 Å². The maximum Gasteiger partial charge on any atom is 0.146 e. The lowest BCUT2D eigenvalue weighted by molar-refractivity contribution is 0.566. The van der Waals surface area contributed by atoms with Gasteiger partial charge in [-0.25, -0.2) is 4.79 Å². The molecule has 2 aromatic rings. The van der Waals surface area contributed by atoms with Crippen molar-refractivity contribution < 1.29 is 4.79 Å². The lowest BCUT2D eigenvalue weighted by Crippen LogP contribution is -2.11. The molecule has 1 aliphatic heterocycles. The van der Waals surface area contributed by atoms with E-state index in [9.17, 15) is 4.79 Å². The maximum absolute atomic E-state index is 11.6. The zero-order valence-electron chi connectivity index (χ0n) is 14.5. The largest absolute Gasteiger partial charge is 0.349 e. The van der Waals surface area contributed by atoms with Crippen LogP contribution in [0.4, 0.5) is 5.69 Å². The molecule has 2 heteroatoms. The number of fused-ring (bicyclic) bond motifs is 1. The highest BCUT2D eigenvalue weighted by Crippen LogP contribution is 2.50. The number of hydrogen-bond acceptors (Lipinski definition) is 2. The standard InChI is InChI=1S/C22H23NO/c1-22(2,3)16-11-9-15(10-12-16)20-18-6-4-5-17(14-7-8-14)21(18)23-19(20)13-24/h4-6,9-12,14,20,23H,7-8H2,1-3H3. The molecule has 1 saturated carbocycles. The van der Waals surface area contributed by atoms with Crippen molar-refractivity contribution in [3.8, 4) is 0 Å². The van der Waals surface area contributed by atoms with E-state index in [4.69, 9.17) is 0 Å². The Bertz CT molecular complexity index is 831. The lowest BCUT2D eigenvalue weighted by Gasteiger charge is -2.20. The van der Waals surface area contributed by atoms with Gasteiger partial charge in [0.25, 0.3) is 0 Å². The minimum absolute atomic E-state index is 0.0229. The van der Waals surface area contributed by atoms with Crippen LogP contribution in [0.2, 0.25) is 0 Å². The molecule has 0 radical (unpaired) electrons. The van der Waals surface area contributed by atoms with Crippen molar-refractivity contribution in [2.75, 3.05) is 5.32 Å². The number of benzene rings is 2. The van der Waals surface area contributed by atoms with E-state index >= 15 is 0 Å². The summed E-state index contributed by atoms with van der Waals surface area (Å²) in [6.45, 7) is 6.65. The van der Waals surface area contributed by atoms with Crippen LogP contribution >= 0.6 is 0 Å². The summed E-state index contributed by atoms with van der Waals surface area (Å²) < 4.78 is 0. The first-order valence-electron chi connectivity index (χ1n) is 8.74. The molecule has 2 aromatic carbocycles. The molecule has 0 saturated heterocycles. The SMILES string of the molecule is CC(C)(C)c1ccc(C2C(=C=O)Nc3c(C4CC4)cccc32)cc1. The molecular formula is C22H23NO. The Kier molecular flexibility index (Phi) is 3.40. The number of allylic oxidation sites excluding steroid dienone is 1. The molecule has 0 spiro atoms. The monoisotopic (exact) mass is 317 g/mol. The zero-order valence-corrected chi connectivity index (χ0v) is 14.5. The number of hydrogen-bond donors (Lipinski definition) is 1. The number of para-hydroxylation sites is 1. The number of nitrogens with one attached hydrogen (secondary N) is 1. The van der Waals surface area contributed by atoms with Crippen molar-refractivity contribution in [1.29, 1.82) is 0 Å². The number of anilines is 1. The van der Waals surface area contributed by atoms with E-state index in [-0.39, 0.29) is 11.3 Å². The first-order valence-corrected chi connectivity index (χ1v) is 8.74. The van der Waals surface area contributed by atoms with Gasteiger partial charge >= 0.3 is 0 Å². The van der Waals surface area contributed by atoms with Crippen LogP contribution in [0.5, 0.6) is 0 Å². The molecule has 1 aliphatic carbocycles. The van der Waals surface area contributed by atoms with Crippen LogP contribution in [-0.2, 0) is 10.2 Å². The summed E-state index contributed by atoms with van der Waals surface area (Å²) in [5.41, 5.74) is 6.94. The van der Waals surface area contributed by atoms with Crippen LogP contribution in [0.1, 0.15) is 67.7 Å². The summed E-state index contributed by atoms with van der Waals surface area (Å²) in [6.07, 6.45) is 2.51. The third-order valence-corrected chi connectivity index (χ3v) is 5.23. The predicted molar refractivity (Wildman–Crippen MR) is 98.2 cm³/mol. The highest BCUT2D eigenvalue weighted by Gasteiger charge is 2.35. The fourth-order valence-corrected chi connectivity index (χ4v) is 3.68. The van der Waals surface area contributed by atoms with Crippen molar-refractivity contribution >= 4 is 11.6 Å². The van der Waals surface area contributed by atoms with Gasteiger partial charge in [0.05, 0.1) is 5.92 Å². The zero-order chi connectivity index (χ0) is 16.9. The molecule has 2 aliphatic rings. The Labute approximate surface area is 143 Å². The van der Waals surface area contributed by atoms with E-state index in [0.717, 1.165) is 11.3 Å². The Morgan fingerprint density at radius 2 is 1.67 bits per heavy atom. The van der Waals surface area contributed by atoms with E-state index in [0.29, 0.717) is 11.6 Å². The Morgan fingerprint density at radius 1 is 1.00 bits per heavy atom. The summed E-state index contributed by atoms with van der Waals surface area (Å²) in [4.78, 5) is 11.6. The minimum Gasteiger partial charge on any atom is -0.349 e. The highest BCUT2D eigenvalue weighted by atomic mass is 16.1. The molecule has 0 bridgehead atoms. The van der Waals surface area contributed by atoms with E-state index in [1.165, 1.54) is 29.5 Å². The molecule has 1 atom stereocenters. The molecule has 0 amide bonds. The predicted octanol–water partition coefficient (Wildman–Crippen LogP) is 5.13. The third-order valence-electron chi connectivity index (χ3n) is 5.23. The van der Waals surface area contributed by atoms with Gasteiger partial charge < -0.3 is 5.32 Å². The van der Waals surface area contributed by atoms with Gasteiger partial charge in [0.1, 0.15) is 11.6 Å². The highest BCUT2D eigenvalue weighted by molar-refractivity contribution is 5.79. The third kappa shape index (κ3) is 2.48. The van der Waals surface area contributed by atoms with E-state index in [1.54, 1.807) is 0 Å². The second-order valence-corrected chi connectivity index (χ2v) is 8.03. The minimum atomic E-state index is -0.0229. The summed E-state index contributed by atoms with van der Waals surface area (Å²) in [5, 5.41) is 3.36. The van der Waals surface area contributed by atoms with Gasteiger partial charge in [-0.1, -0.05) is 63.2 Å². The molecule has 0 aromatic heterocycles. The van der Waals surface area contributed by atoms with Crippen LogP contribution in [0.15, 0.2) is 48.2 Å². The van der Waals surface area contributed by atoms with Gasteiger partial charge in [-0.15, -0.1) is 0 Å². The molecule has 1 unspecified atom stereocenters. The fraction of sp³-hybridized carbons (Fsp3) is 0.364. The van der Waals surface area contributed by atoms with Crippen LogP contribution in [-0.4, -0.2) is 5.94 Å². The Morgan fingerprint density at radius 3 is 2.25 bits per heavy atom. The quantitative estimate of drug-likeness (QED) is 0.778. The molecular weight excluding hydrogens is 294 g/mol. The molecule has 24 heavy (non-hydrogen) atoms. The van der Waals surface area contributed by atoms with Crippen molar-refractivity contribution in [3.05, 3.63) is 70.4 Å². The van der Waals surface area contributed by atoms with Crippen LogP contribution < -0.4 is 5.32 Å². The second kappa shape index (κ2) is 5.36. The molecule has 2 nitrogen and oxygen atoms in total. The normalized spacial score (nSPS) is 19.6. The molecule has 1 heterocycles. The molecule has 1 N–H and O–H groups in total. The van der Waals surface area contributed by atoms with Crippen molar-refractivity contribution in [2.24, 2.45) is 0 Å². The molecule has 1 fully saturated rings. The van der Waals surface area contributed by atoms with E-state index in [1.807, 2.05) is 0 Å². The van der Waals surface area contributed by atoms with Crippen LogP contribution in [0.25, 0.3) is 0 Å². The van der Waals surface area contributed by atoms with Crippen LogP contribution in [0, 0.1) is 0 Å². The van der Waals surface area contributed by atoms with Gasteiger partial charge in [-0.2, -0.15) is 0 Å². The molecule has 122 valence electrons. The number of rotatable bonds is 2. The van der Waals surface area contributed by atoms with E-state index in [2.05, 4.69) is 74.5 Å². The van der Waals surface area contributed by atoms with Gasteiger partial charge in [0, 0.05) is 5.69 Å². The first kappa shape index (κ1) is 15.2. The first-order chi connectivity index (χ1) is 11.5. The van der Waals surface area contributed by atoms with Crippen molar-refractivity contribution in [1.82, 2.24) is 0 Å². The van der Waals surface area contributed by atoms with Gasteiger partial charge in [0.2, 0.25) is 0 Å². The van der Waals surface area contributed by atoms with Crippen molar-refractivity contribution in [3.63, 3.8) is 0 Å². The Hall–Kier alpha value is -2.31. The molecule has 4 rings (SSSR count). The summed E-state index contributed by atoms with van der Waals surface area (Å²) in [5.74, 6) is 2.78. The van der Waals surface area contributed by atoms with Gasteiger partial charge in [0.15, 0.2) is 0 Å². The average Bonchev–Trinajstić information content (AvgIpc) is 3.33. The smallest absolute Gasteiger partial charge is 0.146 e. The second-order valence-electron chi connectivity index (χ2n) is 8.03. The number of carbonyl (C=O) groups excluding carboxylic acids is 1. The summed E-state index contributed by atoms with van der Waals surface area (Å²) in [6, 6.07) is 15.1. The maximum atomic E-state index is 11.6. The van der Waals surface area contributed by atoms with E-state index < -0.39 is 0 Å². The van der Waals surface area contributed by atoms with Gasteiger partial charge in [-0.05, 0) is 46.4 Å². The average molecular weight is 317 g/mol.